The molecule has 2 fully saturated rings. The van der Waals surface area contributed by atoms with Crippen molar-refractivity contribution in [1.29, 1.82) is 0 Å². The summed E-state index contributed by atoms with van der Waals surface area (Å²) in [5, 5.41) is 0. The zero-order valence-electron chi connectivity index (χ0n) is 13.1. The molecule has 1 aliphatic heterocycles. The Labute approximate surface area is 127 Å². The summed E-state index contributed by atoms with van der Waals surface area (Å²) in [6.45, 7) is 5.01. The molecule has 2 atom stereocenters. The molecule has 1 aromatic carbocycles. The summed E-state index contributed by atoms with van der Waals surface area (Å²) in [6, 6.07) is 8.23. The van der Waals surface area contributed by atoms with E-state index in [0.29, 0.717) is 6.04 Å². The number of nitrogen functional groups attached to an aromatic ring is 1. The van der Waals surface area contributed by atoms with Crippen LogP contribution in [0.5, 0.6) is 0 Å². The Morgan fingerprint density at radius 2 is 1.81 bits per heavy atom. The molecule has 1 saturated carbocycles. The molecule has 1 aromatic rings. The number of nitrogens with zero attached hydrogens (tertiary/aromatic N) is 1. The zero-order chi connectivity index (χ0) is 15.0. The number of carbonyl (C=O) groups excluding carboxylic acids is 1. The van der Waals surface area contributed by atoms with E-state index in [9.17, 15) is 4.79 Å². The number of amides is 1. The summed E-state index contributed by atoms with van der Waals surface area (Å²) >= 11 is 0. The van der Waals surface area contributed by atoms with E-state index < -0.39 is 5.41 Å². The Morgan fingerprint density at radius 3 is 2.52 bits per heavy atom. The van der Waals surface area contributed by atoms with Crippen LogP contribution in [0.4, 0.5) is 5.69 Å². The molecule has 3 heteroatoms. The average molecular weight is 286 g/mol. The molecule has 3 rings (SSSR count). The van der Waals surface area contributed by atoms with Crippen molar-refractivity contribution in [3.63, 3.8) is 0 Å². The molecule has 1 heterocycles. The average Bonchev–Trinajstić information content (AvgIpc) is 2.90. The molecule has 2 aliphatic rings. The lowest BCUT2D eigenvalue weighted by Gasteiger charge is -2.36. The molecule has 1 aliphatic carbocycles. The number of likely N-dealkylation sites (tertiary alicyclic amines) is 1. The first-order chi connectivity index (χ1) is 10.00. The van der Waals surface area contributed by atoms with Crippen LogP contribution >= 0.6 is 0 Å². The molecule has 0 radical (unpaired) electrons. The van der Waals surface area contributed by atoms with Crippen molar-refractivity contribution >= 4 is 11.6 Å². The molecule has 114 valence electrons. The largest absolute Gasteiger partial charge is 0.399 e. The van der Waals surface area contributed by atoms with Crippen molar-refractivity contribution in [2.24, 2.45) is 5.92 Å². The highest BCUT2D eigenvalue weighted by Crippen LogP contribution is 2.39. The maximum absolute atomic E-state index is 13.1. The highest BCUT2D eigenvalue weighted by Gasteiger charge is 2.43. The summed E-state index contributed by atoms with van der Waals surface area (Å²) in [5.74, 6) is 1.02. The molecular weight excluding hydrogens is 260 g/mol. The van der Waals surface area contributed by atoms with Gasteiger partial charge in [0, 0.05) is 18.3 Å². The van der Waals surface area contributed by atoms with Crippen molar-refractivity contribution < 1.29 is 4.79 Å². The van der Waals surface area contributed by atoms with Gasteiger partial charge in [-0.25, -0.2) is 0 Å². The molecule has 1 saturated heterocycles. The predicted molar refractivity (Wildman–Crippen MR) is 86.0 cm³/mol. The van der Waals surface area contributed by atoms with E-state index in [1.54, 1.807) is 0 Å². The van der Waals surface area contributed by atoms with Crippen molar-refractivity contribution in [2.45, 2.75) is 57.4 Å². The number of benzene rings is 1. The zero-order valence-corrected chi connectivity index (χ0v) is 13.1. The summed E-state index contributed by atoms with van der Waals surface area (Å²) < 4.78 is 0. The minimum Gasteiger partial charge on any atom is -0.399 e. The topological polar surface area (TPSA) is 46.3 Å². The summed E-state index contributed by atoms with van der Waals surface area (Å²) in [6.07, 6.45) is 6.29. The Balaban J connectivity index is 1.81. The van der Waals surface area contributed by atoms with E-state index in [0.717, 1.165) is 23.7 Å². The number of hydrogen-bond acceptors (Lipinski definition) is 2. The lowest BCUT2D eigenvalue weighted by atomic mass is 9.81. The fourth-order valence-corrected chi connectivity index (χ4v) is 4.04. The first-order valence-corrected chi connectivity index (χ1v) is 8.17. The van der Waals surface area contributed by atoms with Gasteiger partial charge >= 0.3 is 0 Å². The number of fused-ring (bicyclic) bond motifs is 1. The van der Waals surface area contributed by atoms with Crippen molar-refractivity contribution in [1.82, 2.24) is 4.90 Å². The highest BCUT2D eigenvalue weighted by molar-refractivity contribution is 5.88. The monoisotopic (exact) mass is 286 g/mol. The first kappa shape index (κ1) is 14.4. The molecule has 3 nitrogen and oxygen atoms in total. The quantitative estimate of drug-likeness (QED) is 0.848. The molecule has 21 heavy (non-hydrogen) atoms. The van der Waals surface area contributed by atoms with Gasteiger partial charge in [-0.15, -0.1) is 0 Å². The lowest BCUT2D eigenvalue weighted by molar-refractivity contribution is -0.137. The molecule has 2 unspecified atom stereocenters. The molecular formula is C18H26N2O. The fourth-order valence-electron chi connectivity index (χ4n) is 4.04. The van der Waals surface area contributed by atoms with Crippen LogP contribution in [0.3, 0.4) is 0 Å². The van der Waals surface area contributed by atoms with Gasteiger partial charge in [-0.1, -0.05) is 25.0 Å². The second-order valence-corrected chi connectivity index (χ2v) is 7.15. The van der Waals surface area contributed by atoms with E-state index in [-0.39, 0.29) is 5.91 Å². The summed E-state index contributed by atoms with van der Waals surface area (Å²) in [5.41, 5.74) is 7.09. The van der Waals surface area contributed by atoms with E-state index in [4.69, 9.17) is 5.73 Å². The highest BCUT2D eigenvalue weighted by atomic mass is 16.2. The Hall–Kier alpha value is -1.51. The third kappa shape index (κ3) is 2.54. The molecule has 0 bridgehead atoms. The van der Waals surface area contributed by atoms with Gasteiger partial charge in [0.1, 0.15) is 0 Å². The predicted octanol–water partition coefficient (Wildman–Crippen LogP) is 3.34. The van der Waals surface area contributed by atoms with E-state index in [2.05, 4.69) is 4.90 Å². The third-order valence-electron chi connectivity index (χ3n) is 5.44. The van der Waals surface area contributed by atoms with Crippen LogP contribution in [-0.2, 0) is 10.2 Å². The van der Waals surface area contributed by atoms with Gasteiger partial charge < -0.3 is 10.6 Å². The van der Waals surface area contributed by atoms with Crippen LogP contribution in [0.1, 0.15) is 51.5 Å². The minimum absolute atomic E-state index is 0.279. The van der Waals surface area contributed by atoms with E-state index in [1.165, 1.54) is 32.1 Å². The van der Waals surface area contributed by atoms with Gasteiger partial charge in [0.25, 0.3) is 0 Å². The van der Waals surface area contributed by atoms with Crippen molar-refractivity contribution in [3.8, 4) is 0 Å². The number of nitrogens with two attached hydrogens (primary N) is 1. The van der Waals surface area contributed by atoms with Crippen LogP contribution in [0.25, 0.3) is 0 Å². The Bertz CT molecular complexity index is 521. The van der Waals surface area contributed by atoms with Gasteiger partial charge in [0.05, 0.1) is 5.41 Å². The van der Waals surface area contributed by atoms with Crippen LogP contribution < -0.4 is 5.73 Å². The van der Waals surface area contributed by atoms with Crippen LogP contribution in [0.2, 0.25) is 0 Å². The lowest BCUT2D eigenvalue weighted by Crippen LogP contribution is -2.47. The van der Waals surface area contributed by atoms with Gasteiger partial charge in [-0.05, 0) is 56.7 Å². The van der Waals surface area contributed by atoms with Gasteiger partial charge in [0.15, 0.2) is 0 Å². The Kier molecular flexibility index (Phi) is 3.68. The fraction of sp³-hybridized carbons (Fsp3) is 0.611. The van der Waals surface area contributed by atoms with Gasteiger partial charge in [0.2, 0.25) is 5.91 Å². The molecule has 0 spiro atoms. The maximum atomic E-state index is 13.1. The van der Waals surface area contributed by atoms with Crippen LogP contribution in [0, 0.1) is 5.92 Å². The molecule has 2 N–H and O–H groups in total. The van der Waals surface area contributed by atoms with Crippen LogP contribution in [0.15, 0.2) is 24.3 Å². The van der Waals surface area contributed by atoms with Gasteiger partial charge in [-0.3, -0.25) is 4.79 Å². The minimum atomic E-state index is -0.472. The second-order valence-electron chi connectivity index (χ2n) is 7.15. The molecule has 0 aromatic heterocycles. The van der Waals surface area contributed by atoms with Crippen molar-refractivity contribution in [3.05, 3.63) is 29.8 Å². The van der Waals surface area contributed by atoms with E-state index >= 15 is 0 Å². The Morgan fingerprint density at radius 1 is 1.14 bits per heavy atom. The molecule has 1 amide bonds. The number of hydrogen-bond donors (Lipinski definition) is 1. The maximum Gasteiger partial charge on any atom is 0.232 e. The van der Waals surface area contributed by atoms with Crippen LogP contribution in [-0.4, -0.2) is 23.4 Å². The normalized spacial score (nSPS) is 25.7. The van der Waals surface area contributed by atoms with Crippen molar-refractivity contribution in [2.75, 3.05) is 12.3 Å². The summed E-state index contributed by atoms with van der Waals surface area (Å²) in [4.78, 5) is 15.3. The SMILES string of the molecule is CC(C)(C(=O)N1CCC2CCCCC21)c1ccc(N)cc1. The number of rotatable bonds is 2. The standard InChI is InChI=1S/C18H26N2O/c1-18(2,14-7-9-15(19)10-8-14)17(21)20-12-11-13-5-3-4-6-16(13)20/h7-10,13,16H,3-6,11-12,19H2,1-2H3. The number of carbonyl (C=O) groups is 1. The summed E-state index contributed by atoms with van der Waals surface area (Å²) in [7, 11) is 0. The third-order valence-corrected chi connectivity index (χ3v) is 5.44. The first-order valence-electron chi connectivity index (χ1n) is 8.17. The van der Waals surface area contributed by atoms with E-state index in [1.807, 2.05) is 38.1 Å². The smallest absolute Gasteiger partial charge is 0.232 e. The van der Waals surface area contributed by atoms with Gasteiger partial charge in [-0.2, -0.15) is 0 Å². The number of anilines is 1. The second kappa shape index (κ2) is 5.36.